The molecule has 0 bridgehead atoms. The zero-order valence-corrected chi connectivity index (χ0v) is 42.8. The van der Waals surface area contributed by atoms with Crippen molar-refractivity contribution in [3.8, 4) is 12.3 Å². The quantitative estimate of drug-likeness (QED) is 0.0907. The first-order valence-corrected chi connectivity index (χ1v) is 24.4. The molecule has 4 heterocycles. The van der Waals surface area contributed by atoms with Crippen molar-refractivity contribution in [2.75, 3.05) is 27.9 Å². The summed E-state index contributed by atoms with van der Waals surface area (Å²) in [6.45, 7) is 14.0. The first-order chi connectivity index (χ1) is 33.0. The molecule has 18 nitrogen and oxygen atoms in total. The van der Waals surface area contributed by atoms with E-state index in [1.54, 1.807) is 33.8 Å². The first kappa shape index (κ1) is 58.9. The average molecular weight is 989 g/mol. The smallest absolute Gasteiger partial charge is 0.334 e. The number of carbonyl (C=O) groups excluding carboxylic acids is 2. The van der Waals surface area contributed by atoms with Crippen molar-refractivity contribution >= 4 is 11.9 Å². The number of esters is 2. The van der Waals surface area contributed by atoms with Crippen LogP contribution in [0.1, 0.15) is 107 Å². The predicted molar refractivity (Wildman–Crippen MR) is 257 cm³/mol. The maximum atomic E-state index is 13.9. The van der Waals surface area contributed by atoms with E-state index in [0.29, 0.717) is 31.3 Å². The monoisotopic (exact) mass is 989 g/mol. The zero-order chi connectivity index (χ0) is 52.1. The molecule has 17 atom stereocenters. The van der Waals surface area contributed by atoms with Gasteiger partial charge >= 0.3 is 11.9 Å². The van der Waals surface area contributed by atoms with Gasteiger partial charge in [-0.3, -0.25) is 4.79 Å². The fourth-order valence-electron chi connectivity index (χ4n) is 9.46. The third kappa shape index (κ3) is 15.9. The lowest BCUT2D eigenvalue weighted by Crippen LogP contribution is -2.65. The molecule has 2 saturated heterocycles. The van der Waals surface area contributed by atoms with E-state index in [2.05, 4.69) is 16.1 Å². The molecule has 394 valence electrons. The molecule has 4 aliphatic heterocycles. The number of methoxy groups -OCH3 is 3. The molecule has 0 aliphatic carbocycles. The number of rotatable bonds is 16. The van der Waals surface area contributed by atoms with Crippen LogP contribution in [0.15, 0.2) is 69.0 Å². The van der Waals surface area contributed by atoms with Gasteiger partial charge in [0.15, 0.2) is 18.1 Å². The lowest BCUT2D eigenvalue weighted by molar-refractivity contribution is -0.362. The number of hydrogen-bond acceptors (Lipinski definition) is 18. The van der Waals surface area contributed by atoms with Crippen LogP contribution in [0.4, 0.5) is 0 Å². The Bertz CT molecular complexity index is 1950. The van der Waals surface area contributed by atoms with E-state index in [1.807, 2.05) is 51.2 Å². The van der Waals surface area contributed by atoms with Crippen LogP contribution in [-0.2, 0) is 47.5 Å². The van der Waals surface area contributed by atoms with Crippen molar-refractivity contribution in [1.82, 2.24) is 0 Å². The normalized spacial score (nSPS) is 40.0. The Morgan fingerprint density at radius 2 is 1.66 bits per heavy atom. The Kier molecular flexibility index (Phi) is 22.6. The van der Waals surface area contributed by atoms with E-state index in [1.165, 1.54) is 28.3 Å². The Balaban J connectivity index is 1.65. The maximum Gasteiger partial charge on any atom is 0.334 e. The highest BCUT2D eigenvalue weighted by molar-refractivity contribution is 5.88. The lowest BCUT2D eigenvalue weighted by atomic mass is 9.76. The molecule has 70 heavy (non-hydrogen) atoms. The van der Waals surface area contributed by atoms with Crippen LogP contribution >= 0.6 is 0 Å². The van der Waals surface area contributed by atoms with Gasteiger partial charge in [0, 0.05) is 83.2 Å². The highest BCUT2D eigenvalue weighted by atomic mass is 16.7. The Morgan fingerprint density at radius 3 is 2.29 bits per heavy atom. The maximum absolute atomic E-state index is 13.9. The highest BCUT2D eigenvalue weighted by Gasteiger charge is 2.57. The number of hydrogen-bond donors (Lipinski definition) is 6. The minimum atomic E-state index is -2.46. The van der Waals surface area contributed by atoms with Gasteiger partial charge in [-0.1, -0.05) is 67.9 Å². The molecule has 0 amide bonds. The van der Waals surface area contributed by atoms with Crippen LogP contribution in [0.3, 0.4) is 0 Å². The summed E-state index contributed by atoms with van der Waals surface area (Å²) in [5.41, 5.74) is 1.73. The summed E-state index contributed by atoms with van der Waals surface area (Å²) >= 11 is 0. The number of aliphatic hydroxyl groups excluding tert-OH is 5. The number of allylic oxidation sites excluding steroid dienone is 7. The van der Waals surface area contributed by atoms with Gasteiger partial charge in [-0.2, -0.15) is 10.2 Å². The van der Waals surface area contributed by atoms with E-state index in [9.17, 15) is 40.2 Å². The predicted octanol–water partition coefficient (Wildman–Crippen LogP) is 4.69. The second-order valence-corrected chi connectivity index (χ2v) is 19.6. The number of carbonyl (C=O) groups is 2. The van der Waals surface area contributed by atoms with Gasteiger partial charge in [-0.25, -0.2) is 4.79 Å². The summed E-state index contributed by atoms with van der Waals surface area (Å²) in [5.74, 6) is -3.29. The van der Waals surface area contributed by atoms with Crippen LogP contribution in [0.25, 0.3) is 0 Å². The van der Waals surface area contributed by atoms with E-state index >= 15 is 0 Å². The number of ether oxygens (including phenoxy) is 8. The Hall–Kier alpha value is -3.68. The van der Waals surface area contributed by atoms with Crippen molar-refractivity contribution in [3.63, 3.8) is 0 Å². The van der Waals surface area contributed by atoms with Crippen LogP contribution < -0.4 is 0 Å². The van der Waals surface area contributed by atoms with Gasteiger partial charge in [0.1, 0.15) is 24.4 Å². The van der Waals surface area contributed by atoms with Crippen molar-refractivity contribution in [2.24, 2.45) is 28.0 Å². The summed E-state index contributed by atoms with van der Waals surface area (Å²) in [4.78, 5) is 27.2. The van der Waals surface area contributed by atoms with Gasteiger partial charge in [0.25, 0.3) is 0 Å². The molecular formula is C52H80N2O16. The number of cyclic esters (lactones) is 1. The van der Waals surface area contributed by atoms with Crippen LogP contribution in [0.5, 0.6) is 0 Å². The SMILES string of the molecule is C#CCCC1(CCC(=O)O[C@@H]2[C@H](O[C@@H]3/C=C/C(C)=C/CC[C@H](O)[C@@H](OC)C[C@@H]([C@@H](O)[C@]4(O)O[C@H](C[C@@H](O)COC)[C@H](C)[C@H](O)[C@H]4C)OC(=O)/C(C)=C/C(C)=C/C(C)=C/[C@H]3C)O[C@@H](C)[C@H](OC)[C@H]2O)N=N1. The van der Waals surface area contributed by atoms with Gasteiger partial charge in [-0.05, 0) is 53.5 Å². The fraction of sp³-hybridized carbons (Fsp3) is 0.731. The van der Waals surface area contributed by atoms with Crippen LogP contribution in [-0.4, -0.2) is 162 Å². The molecule has 0 saturated carbocycles. The van der Waals surface area contributed by atoms with Gasteiger partial charge < -0.3 is 68.5 Å². The van der Waals surface area contributed by atoms with Crippen molar-refractivity contribution < 1.29 is 78.1 Å². The average Bonchev–Trinajstić information content (AvgIpc) is 4.09. The van der Waals surface area contributed by atoms with E-state index in [-0.39, 0.29) is 43.8 Å². The van der Waals surface area contributed by atoms with Gasteiger partial charge in [0.05, 0.1) is 49.3 Å². The second kappa shape index (κ2) is 26.9. The van der Waals surface area contributed by atoms with Crippen molar-refractivity contribution in [1.29, 1.82) is 0 Å². The topological polar surface area (TPSA) is 254 Å². The third-order valence-electron chi connectivity index (χ3n) is 13.8. The molecular weight excluding hydrogens is 909 g/mol. The lowest BCUT2D eigenvalue weighted by Gasteiger charge is -2.51. The first-order valence-electron chi connectivity index (χ1n) is 24.4. The summed E-state index contributed by atoms with van der Waals surface area (Å²) < 4.78 is 47.3. The molecule has 4 rings (SSSR count). The van der Waals surface area contributed by atoms with Crippen LogP contribution in [0.2, 0.25) is 0 Å². The minimum absolute atomic E-state index is 0.0237. The number of aliphatic hydroxyl groups is 6. The summed E-state index contributed by atoms with van der Waals surface area (Å²) in [6, 6.07) is 0. The molecule has 18 heteroatoms. The standard InChI is InChI=1S/C52H80N2O16/c1-13-14-21-51(53-54-51)22-20-43(57)69-47-45(59)46(65-12)36(9)66-50(47)68-39-19-18-29(2)16-15-17-38(56)41(64-11)27-42(67-49(61)33(6)25-31(4)23-30(3)24-32(39)5)48(60)52(62)35(8)44(58)34(7)40(70-52)26-37(55)28-63-10/h1,16,18-19,23-25,32,34-42,44-48,50,55-56,58-60,62H,14-15,17,20-22,26-28H2,2-12H3/b19-18+,29-16+,30-24+,31-23+,33-25+/t32-,34+,35-,36+,37-,38+,39-,40-,41+,42+,44+,45-,46+,47+,48-,50+,52-/m1/s1. The molecule has 0 aromatic rings. The summed E-state index contributed by atoms with van der Waals surface area (Å²) in [7, 11) is 4.24. The van der Waals surface area contributed by atoms with Crippen LogP contribution in [0, 0.1) is 30.1 Å². The second-order valence-electron chi connectivity index (χ2n) is 19.6. The molecule has 0 spiro atoms. The molecule has 0 aromatic heterocycles. The molecule has 0 aromatic carbocycles. The van der Waals surface area contributed by atoms with Gasteiger partial charge in [0.2, 0.25) is 5.79 Å². The van der Waals surface area contributed by atoms with Gasteiger partial charge in [-0.15, -0.1) is 12.3 Å². The Labute approximate surface area is 413 Å². The minimum Gasteiger partial charge on any atom is -0.456 e. The summed E-state index contributed by atoms with van der Waals surface area (Å²) in [5, 5.41) is 77.3. The molecule has 4 aliphatic rings. The number of terminal acetylenes is 1. The highest BCUT2D eigenvalue weighted by Crippen LogP contribution is 2.42. The Morgan fingerprint density at radius 1 is 0.957 bits per heavy atom. The van der Waals surface area contributed by atoms with E-state index in [0.717, 1.165) is 11.1 Å². The van der Waals surface area contributed by atoms with Crippen molar-refractivity contribution in [2.45, 2.75) is 198 Å². The molecule has 0 radical (unpaired) electrons. The number of nitrogens with zero attached hydrogens (tertiary/aromatic N) is 2. The molecule has 2 fully saturated rings. The fourth-order valence-corrected chi connectivity index (χ4v) is 9.46. The largest absolute Gasteiger partial charge is 0.456 e. The van der Waals surface area contributed by atoms with E-state index < -0.39 is 115 Å². The zero-order valence-electron chi connectivity index (χ0n) is 42.8. The molecule has 0 unspecified atom stereocenters. The van der Waals surface area contributed by atoms with Crippen molar-refractivity contribution in [3.05, 3.63) is 58.7 Å². The van der Waals surface area contributed by atoms with E-state index in [4.69, 9.17) is 44.3 Å². The molecule has 6 N–H and O–H groups in total. The summed E-state index contributed by atoms with van der Waals surface area (Å²) in [6.07, 6.45) is 3.37. The third-order valence-corrected chi connectivity index (χ3v) is 13.8.